The number of urea groups is 1. The lowest BCUT2D eigenvalue weighted by atomic mass is 10.3. The van der Waals surface area contributed by atoms with Gasteiger partial charge >= 0.3 is 6.03 Å². The van der Waals surface area contributed by atoms with Gasteiger partial charge in [-0.05, 0) is 37.1 Å². The number of nitrogens with one attached hydrogen (secondary N) is 3. The van der Waals surface area contributed by atoms with E-state index in [1.807, 2.05) is 0 Å². The number of rotatable bonds is 5. The van der Waals surface area contributed by atoms with Crippen molar-refractivity contribution in [2.24, 2.45) is 0 Å². The molecule has 0 spiro atoms. The van der Waals surface area contributed by atoms with E-state index in [1.165, 1.54) is 12.8 Å². The summed E-state index contributed by atoms with van der Waals surface area (Å²) in [5.41, 5.74) is 0.738. The molecule has 1 fully saturated rings. The Balaban J connectivity index is 1.63. The van der Waals surface area contributed by atoms with Crippen molar-refractivity contribution in [3.8, 4) is 0 Å². The van der Waals surface area contributed by atoms with Gasteiger partial charge in [0.25, 0.3) is 0 Å². The molecular weight excluding hydrogens is 238 g/mol. The molecule has 0 unspecified atom stereocenters. The number of amides is 2. The summed E-state index contributed by atoms with van der Waals surface area (Å²) in [6.07, 6.45) is 2.52. The minimum absolute atomic E-state index is 0.190. The van der Waals surface area contributed by atoms with Crippen LogP contribution in [0.1, 0.15) is 12.8 Å². The molecule has 2 rings (SSSR count). The largest absolute Gasteiger partial charge is 0.337 e. The van der Waals surface area contributed by atoms with Crippen molar-refractivity contribution in [3.63, 3.8) is 0 Å². The molecule has 4 nitrogen and oxygen atoms in total. The van der Waals surface area contributed by atoms with Crippen LogP contribution in [0.5, 0.6) is 0 Å². The van der Waals surface area contributed by atoms with Gasteiger partial charge in [-0.3, -0.25) is 0 Å². The third kappa shape index (κ3) is 4.63. The molecule has 0 radical (unpaired) electrons. The van der Waals surface area contributed by atoms with Gasteiger partial charge in [-0.15, -0.1) is 0 Å². The van der Waals surface area contributed by atoms with Crippen LogP contribution in [0.3, 0.4) is 0 Å². The van der Waals surface area contributed by atoms with Gasteiger partial charge in [0.05, 0.1) is 0 Å². The minimum Gasteiger partial charge on any atom is -0.337 e. The molecule has 1 saturated carbocycles. The first-order chi connectivity index (χ1) is 8.24. The second-order valence-corrected chi connectivity index (χ2v) is 4.55. The Labute approximate surface area is 106 Å². The van der Waals surface area contributed by atoms with E-state index in [2.05, 4.69) is 16.0 Å². The zero-order valence-electron chi connectivity index (χ0n) is 9.50. The van der Waals surface area contributed by atoms with Crippen LogP contribution in [0, 0.1) is 0 Å². The van der Waals surface area contributed by atoms with Gasteiger partial charge in [0, 0.05) is 29.8 Å². The molecule has 1 aliphatic rings. The Morgan fingerprint density at radius 2 is 1.94 bits per heavy atom. The van der Waals surface area contributed by atoms with E-state index in [9.17, 15) is 4.79 Å². The van der Waals surface area contributed by atoms with Crippen LogP contribution in [-0.4, -0.2) is 25.2 Å². The summed E-state index contributed by atoms with van der Waals surface area (Å²) in [6, 6.07) is 7.51. The van der Waals surface area contributed by atoms with E-state index >= 15 is 0 Å². The lowest BCUT2D eigenvalue weighted by Crippen LogP contribution is -2.35. The van der Waals surface area contributed by atoms with Gasteiger partial charge in [-0.2, -0.15) is 0 Å². The maximum Gasteiger partial charge on any atom is 0.319 e. The van der Waals surface area contributed by atoms with Crippen molar-refractivity contribution in [1.29, 1.82) is 0 Å². The molecule has 0 aromatic heterocycles. The number of carbonyl (C=O) groups excluding carboxylic acids is 1. The summed E-state index contributed by atoms with van der Waals surface area (Å²) < 4.78 is 0. The predicted molar refractivity (Wildman–Crippen MR) is 69.5 cm³/mol. The Hall–Kier alpha value is -1.26. The first-order valence-electron chi connectivity index (χ1n) is 5.78. The molecule has 0 heterocycles. The van der Waals surface area contributed by atoms with Crippen molar-refractivity contribution >= 4 is 23.3 Å². The van der Waals surface area contributed by atoms with Gasteiger partial charge in [0.15, 0.2) is 0 Å². The molecule has 0 aliphatic heterocycles. The molecule has 92 valence electrons. The lowest BCUT2D eigenvalue weighted by molar-refractivity contribution is 0.252. The normalized spacial score (nSPS) is 14.4. The first-order valence-corrected chi connectivity index (χ1v) is 6.15. The van der Waals surface area contributed by atoms with E-state index in [1.54, 1.807) is 24.3 Å². The van der Waals surface area contributed by atoms with Crippen LogP contribution in [0.2, 0.25) is 5.02 Å². The number of halogens is 1. The zero-order chi connectivity index (χ0) is 12.1. The fourth-order valence-electron chi connectivity index (χ4n) is 1.45. The fraction of sp³-hybridized carbons (Fsp3) is 0.417. The van der Waals surface area contributed by atoms with Gasteiger partial charge in [-0.25, -0.2) is 4.79 Å². The number of hydrogen-bond donors (Lipinski definition) is 3. The monoisotopic (exact) mass is 253 g/mol. The second-order valence-electron chi connectivity index (χ2n) is 4.12. The summed E-state index contributed by atoms with van der Waals surface area (Å²) in [4.78, 5) is 11.5. The van der Waals surface area contributed by atoms with Crippen LogP contribution in [-0.2, 0) is 0 Å². The van der Waals surface area contributed by atoms with Crippen LogP contribution in [0.25, 0.3) is 0 Å². The summed E-state index contributed by atoms with van der Waals surface area (Å²) in [6.45, 7) is 1.45. The topological polar surface area (TPSA) is 53.2 Å². The molecule has 3 N–H and O–H groups in total. The summed E-state index contributed by atoms with van der Waals surface area (Å²) in [7, 11) is 0. The number of carbonyl (C=O) groups is 1. The molecule has 0 saturated heterocycles. The molecule has 2 amide bonds. The second kappa shape index (κ2) is 5.89. The maximum absolute atomic E-state index is 11.5. The average Bonchev–Trinajstić information content (AvgIpc) is 3.12. The molecule has 0 atom stereocenters. The highest BCUT2D eigenvalue weighted by molar-refractivity contribution is 6.30. The van der Waals surface area contributed by atoms with Crippen LogP contribution >= 0.6 is 11.6 Å². The Morgan fingerprint density at radius 1 is 1.24 bits per heavy atom. The van der Waals surface area contributed by atoms with Crippen LogP contribution < -0.4 is 16.0 Å². The quantitative estimate of drug-likeness (QED) is 0.705. The Kier molecular flexibility index (Phi) is 4.23. The Morgan fingerprint density at radius 3 is 2.59 bits per heavy atom. The molecule has 17 heavy (non-hydrogen) atoms. The van der Waals surface area contributed by atoms with Crippen molar-refractivity contribution in [1.82, 2.24) is 10.6 Å². The highest BCUT2D eigenvalue weighted by atomic mass is 35.5. The van der Waals surface area contributed by atoms with E-state index < -0.39 is 0 Å². The Bertz CT molecular complexity index is 376. The molecule has 1 aliphatic carbocycles. The first kappa shape index (κ1) is 12.2. The van der Waals surface area contributed by atoms with E-state index in [0.29, 0.717) is 17.6 Å². The third-order valence-electron chi connectivity index (χ3n) is 2.52. The molecular formula is C12H16ClN3O. The maximum atomic E-state index is 11.5. The third-order valence-corrected chi connectivity index (χ3v) is 2.77. The van der Waals surface area contributed by atoms with E-state index in [0.717, 1.165) is 12.2 Å². The molecule has 0 bridgehead atoms. The van der Waals surface area contributed by atoms with Gasteiger partial charge < -0.3 is 16.0 Å². The molecule has 5 heteroatoms. The summed E-state index contributed by atoms with van der Waals surface area (Å²) >= 11 is 5.75. The smallest absolute Gasteiger partial charge is 0.319 e. The molecule has 1 aromatic carbocycles. The van der Waals surface area contributed by atoms with Gasteiger partial charge in [-0.1, -0.05) is 11.6 Å². The van der Waals surface area contributed by atoms with Gasteiger partial charge in [0.1, 0.15) is 0 Å². The predicted octanol–water partition coefficient (Wildman–Crippen LogP) is 2.21. The highest BCUT2D eigenvalue weighted by Gasteiger charge is 2.19. The lowest BCUT2D eigenvalue weighted by Gasteiger charge is -2.08. The molecule has 1 aromatic rings. The standard InChI is InChI=1S/C12H16ClN3O/c13-9-1-3-11(4-2-9)16-12(17)15-8-7-14-10-5-6-10/h1-4,10,14H,5-8H2,(H2,15,16,17). The highest BCUT2D eigenvalue weighted by Crippen LogP contribution is 2.17. The zero-order valence-corrected chi connectivity index (χ0v) is 10.3. The van der Waals surface area contributed by atoms with Crippen molar-refractivity contribution < 1.29 is 4.79 Å². The van der Waals surface area contributed by atoms with Crippen LogP contribution in [0.4, 0.5) is 10.5 Å². The van der Waals surface area contributed by atoms with Crippen molar-refractivity contribution in [2.45, 2.75) is 18.9 Å². The number of hydrogen-bond acceptors (Lipinski definition) is 2. The minimum atomic E-state index is -0.190. The van der Waals surface area contributed by atoms with Crippen molar-refractivity contribution in [3.05, 3.63) is 29.3 Å². The van der Waals surface area contributed by atoms with Gasteiger partial charge in [0.2, 0.25) is 0 Å². The number of anilines is 1. The summed E-state index contributed by atoms with van der Waals surface area (Å²) in [5.74, 6) is 0. The SMILES string of the molecule is O=C(NCCNC1CC1)Nc1ccc(Cl)cc1. The number of benzene rings is 1. The average molecular weight is 254 g/mol. The van der Waals surface area contributed by atoms with E-state index in [-0.39, 0.29) is 6.03 Å². The van der Waals surface area contributed by atoms with Crippen LogP contribution in [0.15, 0.2) is 24.3 Å². The van der Waals surface area contributed by atoms with E-state index in [4.69, 9.17) is 11.6 Å². The summed E-state index contributed by atoms with van der Waals surface area (Å²) in [5, 5.41) is 9.50. The van der Waals surface area contributed by atoms with Crippen molar-refractivity contribution in [2.75, 3.05) is 18.4 Å². The fourth-order valence-corrected chi connectivity index (χ4v) is 1.57.